The van der Waals surface area contributed by atoms with Gasteiger partial charge in [0, 0.05) is 6.42 Å². The zero-order valence-corrected chi connectivity index (χ0v) is 10.1. The Morgan fingerprint density at radius 2 is 2.00 bits per heavy atom. The van der Waals surface area contributed by atoms with Crippen molar-refractivity contribution in [3.63, 3.8) is 0 Å². The Bertz CT molecular complexity index is 370. The van der Waals surface area contributed by atoms with Crippen LogP contribution in [0, 0.1) is 0 Å². The summed E-state index contributed by atoms with van der Waals surface area (Å²) < 4.78 is 10.8. The lowest BCUT2D eigenvalue weighted by Gasteiger charge is -2.20. The number of carbonyl (C=O) groups excluding carboxylic acids is 1. The molecule has 1 aromatic rings. The number of ketones is 1. The van der Waals surface area contributed by atoms with E-state index in [1.807, 2.05) is 24.3 Å². The molecule has 0 heterocycles. The molecule has 3 heteroatoms. The van der Waals surface area contributed by atoms with Crippen LogP contribution in [0.25, 0.3) is 0 Å². The first kappa shape index (κ1) is 12.1. The summed E-state index contributed by atoms with van der Waals surface area (Å²) in [5, 5.41) is 0. The Kier molecular flexibility index (Phi) is 4.15. The minimum absolute atomic E-state index is 0.189. The van der Waals surface area contributed by atoms with Crippen molar-refractivity contribution >= 4 is 5.78 Å². The number of methoxy groups -OCH3 is 1. The molecule has 0 bridgehead atoms. The van der Waals surface area contributed by atoms with Crippen LogP contribution < -0.4 is 4.74 Å². The second-order valence-corrected chi connectivity index (χ2v) is 4.36. The predicted molar refractivity (Wildman–Crippen MR) is 65.0 cm³/mol. The first-order chi connectivity index (χ1) is 8.29. The van der Waals surface area contributed by atoms with Crippen LogP contribution in [0.4, 0.5) is 0 Å². The lowest BCUT2D eigenvalue weighted by Crippen LogP contribution is -2.27. The van der Waals surface area contributed by atoms with E-state index in [9.17, 15) is 4.79 Å². The van der Waals surface area contributed by atoms with Gasteiger partial charge >= 0.3 is 0 Å². The van der Waals surface area contributed by atoms with Crippen molar-refractivity contribution in [1.82, 2.24) is 0 Å². The van der Waals surface area contributed by atoms with E-state index in [0.717, 1.165) is 30.6 Å². The highest BCUT2D eigenvalue weighted by Gasteiger charge is 2.22. The molecular formula is C14H18O3. The molecule has 0 radical (unpaired) electrons. The summed E-state index contributed by atoms with van der Waals surface area (Å²) in [6, 6.07) is 7.74. The molecule has 92 valence electrons. The standard InChI is InChI=1S/C14H18O3/c1-16-12-8-6-11(7-9-12)10-17-14-5-3-2-4-13(14)15/h6-9,14H,2-5,10H2,1H3. The van der Waals surface area contributed by atoms with Gasteiger partial charge in [-0.2, -0.15) is 0 Å². The van der Waals surface area contributed by atoms with E-state index in [1.165, 1.54) is 0 Å². The Morgan fingerprint density at radius 1 is 1.24 bits per heavy atom. The highest BCUT2D eigenvalue weighted by Crippen LogP contribution is 2.19. The third-order valence-corrected chi connectivity index (χ3v) is 3.11. The molecular weight excluding hydrogens is 216 g/mol. The molecule has 0 aliphatic heterocycles. The molecule has 1 unspecified atom stereocenters. The number of Topliss-reactive ketones (excluding diaryl/α,β-unsaturated/α-hetero) is 1. The van der Waals surface area contributed by atoms with E-state index < -0.39 is 0 Å². The van der Waals surface area contributed by atoms with Gasteiger partial charge in [-0.3, -0.25) is 4.79 Å². The van der Waals surface area contributed by atoms with Gasteiger partial charge in [0.05, 0.1) is 13.7 Å². The highest BCUT2D eigenvalue weighted by molar-refractivity contribution is 5.83. The van der Waals surface area contributed by atoms with Gasteiger partial charge < -0.3 is 9.47 Å². The number of carbonyl (C=O) groups is 1. The molecule has 1 aliphatic carbocycles. The van der Waals surface area contributed by atoms with Crippen LogP contribution >= 0.6 is 0 Å². The molecule has 0 amide bonds. The van der Waals surface area contributed by atoms with Crippen molar-refractivity contribution in [2.24, 2.45) is 0 Å². The first-order valence-corrected chi connectivity index (χ1v) is 6.07. The number of benzene rings is 1. The van der Waals surface area contributed by atoms with Crippen LogP contribution in [0.2, 0.25) is 0 Å². The Hall–Kier alpha value is -1.35. The van der Waals surface area contributed by atoms with Gasteiger partial charge in [0.2, 0.25) is 0 Å². The number of rotatable bonds is 4. The molecule has 1 aromatic carbocycles. The van der Waals surface area contributed by atoms with E-state index in [-0.39, 0.29) is 11.9 Å². The van der Waals surface area contributed by atoms with E-state index in [1.54, 1.807) is 7.11 Å². The van der Waals surface area contributed by atoms with Crippen molar-refractivity contribution in [2.75, 3.05) is 7.11 Å². The molecule has 0 aromatic heterocycles. The Morgan fingerprint density at radius 3 is 2.65 bits per heavy atom. The summed E-state index contributed by atoms with van der Waals surface area (Å²) in [7, 11) is 1.65. The largest absolute Gasteiger partial charge is 0.497 e. The fourth-order valence-corrected chi connectivity index (χ4v) is 2.05. The van der Waals surface area contributed by atoms with E-state index in [4.69, 9.17) is 9.47 Å². The maximum absolute atomic E-state index is 11.6. The average molecular weight is 234 g/mol. The Balaban J connectivity index is 1.86. The highest BCUT2D eigenvalue weighted by atomic mass is 16.5. The fraction of sp³-hybridized carbons (Fsp3) is 0.500. The molecule has 17 heavy (non-hydrogen) atoms. The van der Waals surface area contributed by atoms with Gasteiger partial charge in [-0.15, -0.1) is 0 Å². The SMILES string of the molecule is COc1ccc(COC2CCCCC2=O)cc1. The maximum atomic E-state index is 11.6. The number of hydrogen-bond acceptors (Lipinski definition) is 3. The van der Waals surface area contributed by atoms with E-state index in [2.05, 4.69) is 0 Å². The van der Waals surface area contributed by atoms with Gasteiger partial charge in [0.15, 0.2) is 5.78 Å². The maximum Gasteiger partial charge on any atom is 0.161 e. The average Bonchev–Trinajstić information content (AvgIpc) is 2.38. The summed E-state index contributed by atoms with van der Waals surface area (Å²) in [6.45, 7) is 0.500. The van der Waals surface area contributed by atoms with Crippen molar-refractivity contribution < 1.29 is 14.3 Å². The van der Waals surface area contributed by atoms with Gasteiger partial charge in [-0.1, -0.05) is 12.1 Å². The second-order valence-electron chi connectivity index (χ2n) is 4.36. The quantitative estimate of drug-likeness (QED) is 0.803. The van der Waals surface area contributed by atoms with Gasteiger partial charge in [0.1, 0.15) is 11.9 Å². The first-order valence-electron chi connectivity index (χ1n) is 6.07. The molecule has 1 saturated carbocycles. The normalized spacial score (nSPS) is 20.3. The zero-order valence-electron chi connectivity index (χ0n) is 10.1. The minimum Gasteiger partial charge on any atom is -0.497 e. The van der Waals surface area contributed by atoms with Crippen LogP contribution in [0.1, 0.15) is 31.2 Å². The third-order valence-electron chi connectivity index (χ3n) is 3.11. The predicted octanol–water partition coefficient (Wildman–Crippen LogP) is 2.72. The van der Waals surface area contributed by atoms with Crippen molar-refractivity contribution in [3.8, 4) is 5.75 Å². The molecule has 3 nitrogen and oxygen atoms in total. The topological polar surface area (TPSA) is 35.5 Å². The van der Waals surface area contributed by atoms with Gasteiger partial charge in [-0.05, 0) is 37.0 Å². The van der Waals surface area contributed by atoms with E-state index >= 15 is 0 Å². The van der Waals surface area contributed by atoms with Crippen LogP contribution in [-0.2, 0) is 16.1 Å². The van der Waals surface area contributed by atoms with Crippen LogP contribution in [-0.4, -0.2) is 19.0 Å². The van der Waals surface area contributed by atoms with Crippen molar-refractivity contribution in [2.45, 2.75) is 38.4 Å². The lowest BCUT2D eigenvalue weighted by atomic mass is 9.96. The second kappa shape index (κ2) is 5.82. The Labute approximate surface area is 102 Å². The number of ether oxygens (including phenoxy) is 2. The molecule has 2 rings (SSSR count). The molecule has 0 N–H and O–H groups in total. The third kappa shape index (κ3) is 3.30. The number of hydrogen-bond donors (Lipinski definition) is 0. The van der Waals surface area contributed by atoms with E-state index in [0.29, 0.717) is 13.0 Å². The molecule has 1 aliphatic rings. The summed E-state index contributed by atoms with van der Waals surface area (Å²) in [6.07, 6.45) is 3.47. The van der Waals surface area contributed by atoms with Crippen LogP contribution in [0.15, 0.2) is 24.3 Å². The van der Waals surface area contributed by atoms with Crippen molar-refractivity contribution in [3.05, 3.63) is 29.8 Å². The molecule has 1 atom stereocenters. The smallest absolute Gasteiger partial charge is 0.161 e. The van der Waals surface area contributed by atoms with Crippen LogP contribution in [0.5, 0.6) is 5.75 Å². The fourth-order valence-electron chi connectivity index (χ4n) is 2.05. The molecule has 1 fully saturated rings. The summed E-state index contributed by atoms with van der Waals surface area (Å²) in [5.74, 6) is 1.09. The summed E-state index contributed by atoms with van der Waals surface area (Å²) in [5.41, 5.74) is 1.07. The molecule has 0 saturated heterocycles. The van der Waals surface area contributed by atoms with Crippen LogP contribution in [0.3, 0.4) is 0 Å². The van der Waals surface area contributed by atoms with Gasteiger partial charge in [-0.25, -0.2) is 0 Å². The van der Waals surface area contributed by atoms with Crippen molar-refractivity contribution in [1.29, 1.82) is 0 Å². The summed E-state index contributed by atoms with van der Waals surface area (Å²) >= 11 is 0. The van der Waals surface area contributed by atoms with Gasteiger partial charge in [0.25, 0.3) is 0 Å². The summed E-state index contributed by atoms with van der Waals surface area (Å²) in [4.78, 5) is 11.6. The zero-order chi connectivity index (χ0) is 12.1. The molecule has 0 spiro atoms. The minimum atomic E-state index is -0.189. The monoisotopic (exact) mass is 234 g/mol. The lowest BCUT2D eigenvalue weighted by molar-refractivity contribution is -0.134.